The Hall–Kier alpha value is -3.96. The number of carbonyl (C=O) groups is 5. The highest BCUT2D eigenvalue weighted by Crippen LogP contribution is 2.11. The lowest BCUT2D eigenvalue weighted by atomic mass is 10.2. The first kappa shape index (κ1) is 21.7. The number of benzene rings is 1. The summed E-state index contributed by atoms with van der Waals surface area (Å²) in [5.74, 6) is -2.78. The lowest BCUT2D eigenvalue weighted by Crippen LogP contribution is -2.43. The van der Waals surface area contributed by atoms with Crippen molar-refractivity contribution in [1.82, 2.24) is 30.8 Å². The minimum Gasteiger partial charge on any atom is -0.564 e. The van der Waals surface area contributed by atoms with E-state index in [4.69, 9.17) is 5.11 Å². The molecule has 1 aliphatic heterocycles. The number of hydrogen-bond acceptors (Lipinski definition) is 6. The molecule has 0 unspecified atom stereocenters. The van der Waals surface area contributed by atoms with Crippen LogP contribution in [0.1, 0.15) is 19.2 Å². The number of hydrogen-bond donors (Lipinski definition) is 4. The molecule has 6 N–H and O–H groups in total. The van der Waals surface area contributed by atoms with E-state index in [0.717, 1.165) is 11.0 Å². The zero-order valence-corrected chi connectivity index (χ0v) is 16.7. The molecule has 0 saturated carbocycles. The number of imidazole rings is 1. The van der Waals surface area contributed by atoms with Crippen LogP contribution in [0.3, 0.4) is 0 Å². The first-order valence-electron chi connectivity index (χ1n) is 9.59. The number of H-pyrrole nitrogens is 1. The van der Waals surface area contributed by atoms with Crippen LogP contribution in [0.4, 0.5) is 4.79 Å². The number of fused-ring (bicyclic) bond motifs is 1. The average Bonchev–Trinajstić information content (AvgIpc) is 3.26. The Bertz CT molecular complexity index is 1000. The van der Waals surface area contributed by atoms with E-state index >= 15 is 0 Å². The molecule has 12 nitrogen and oxygen atoms in total. The van der Waals surface area contributed by atoms with Gasteiger partial charge in [0.1, 0.15) is 24.3 Å². The Morgan fingerprint density at radius 3 is 2.65 bits per heavy atom. The summed E-state index contributed by atoms with van der Waals surface area (Å²) in [4.78, 5) is 67.6. The third-order valence-electron chi connectivity index (χ3n) is 4.74. The highest BCUT2D eigenvalue weighted by Gasteiger charge is 2.40. The molecule has 5 amide bonds. The Morgan fingerprint density at radius 2 is 1.94 bits per heavy atom. The summed E-state index contributed by atoms with van der Waals surface area (Å²) in [6.45, 7) is 0.990. The molecule has 1 aliphatic rings. The summed E-state index contributed by atoms with van der Waals surface area (Å²) in [7, 11) is 0. The molecule has 31 heavy (non-hydrogen) atoms. The second kappa shape index (κ2) is 9.24. The smallest absolute Gasteiger partial charge is 0.520 e. The van der Waals surface area contributed by atoms with Gasteiger partial charge in [-0.1, -0.05) is 12.1 Å². The van der Waals surface area contributed by atoms with Crippen LogP contribution in [0.2, 0.25) is 0 Å². The van der Waals surface area contributed by atoms with Gasteiger partial charge in [-0.2, -0.15) is 0 Å². The average molecular weight is 431 g/mol. The first-order chi connectivity index (χ1) is 14.7. The largest absolute Gasteiger partial charge is 0.564 e. The molecular weight excluding hydrogens is 408 g/mol. The van der Waals surface area contributed by atoms with Gasteiger partial charge in [-0.25, -0.2) is 9.78 Å². The standard InChI is InChI=1S/C19H22N6O6/c1-10(18(29)30)7-20-16(27)9-25-17(28)13(24-19(25)31)6-15(26)21-8-14-22-11-4-2-3-5-12(11)23-14/h2-5,10,13H,6-9H2,1H3,(H,20,27)(H,21,26)(H,22,23)(H,24,31)(H,29,30)/p+1/t10-,13-/m0/s1. The van der Waals surface area contributed by atoms with Crippen molar-refractivity contribution < 1.29 is 29.1 Å². The van der Waals surface area contributed by atoms with Crippen molar-refractivity contribution in [2.75, 3.05) is 13.1 Å². The summed E-state index contributed by atoms with van der Waals surface area (Å²) >= 11 is 0. The maximum absolute atomic E-state index is 12.4. The Morgan fingerprint density at radius 1 is 1.19 bits per heavy atom. The Kier molecular flexibility index (Phi) is 6.48. The van der Waals surface area contributed by atoms with E-state index in [1.54, 1.807) is 0 Å². The van der Waals surface area contributed by atoms with E-state index in [1.165, 1.54) is 6.92 Å². The topological polar surface area (TPSA) is 176 Å². The highest BCUT2D eigenvalue weighted by atomic mass is 16.4. The summed E-state index contributed by atoms with van der Waals surface area (Å²) < 4.78 is 0. The molecule has 1 aromatic carbocycles. The van der Waals surface area contributed by atoms with Crippen molar-refractivity contribution in [2.24, 2.45) is 5.92 Å². The summed E-state index contributed by atoms with van der Waals surface area (Å²) in [6.07, 6.45) is -0.284. The number of imide groups is 1. The van der Waals surface area contributed by atoms with Gasteiger partial charge in [0.2, 0.25) is 11.8 Å². The van der Waals surface area contributed by atoms with Gasteiger partial charge in [-0.05, 0) is 19.1 Å². The molecule has 3 rings (SSSR count). The highest BCUT2D eigenvalue weighted by molar-refractivity contribution is 6.07. The molecule has 12 heteroatoms. The fourth-order valence-electron chi connectivity index (χ4n) is 2.95. The minimum absolute atomic E-state index is 0.0710. The normalized spacial score (nSPS) is 16.8. The van der Waals surface area contributed by atoms with E-state index in [1.807, 2.05) is 24.3 Å². The van der Waals surface area contributed by atoms with Crippen LogP contribution in [0, 0.1) is 5.92 Å². The van der Waals surface area contributed by atoms with Gasteiger partial charge in [0.15, 0.2) is 0 Å². The van der Waals surface area contributed by atoms with Crippen molar-refractivity contribution in [1.29, 1.82) is 0 Å². The molecule has 2 atom stereocenters. The fraction of sp³-hybridized carbons (Fsp3) is 0.368. The van der Waals surface area contributed by atoms with E-state index in [-0.39, 0.29) is 19.5 Å². The van der Waals surface area contributed by atoms with Crippen LogP contribution in [-0.2, 0) is 25.7 Å². The quantitative estimate of drug-likeness (QED) is 0.277. The van der Waals surface area contributed by atoms with Crippen LogP contribution in [0.25, 0.3) is 11.0 Å². The van der Waals surface area contributed by atoms with E-state index in [0.29, 0.717) is 10.7 Å². The maximum Gasteiger partial charge on any atom is 0.520 e. The van der Waals surface area contributed by atoms with Crippen LogP contribution < -0.4 is 16.0 Å². The van der Waals surface area contributed by atoms with Gasteiger partial charge < -0.3 is 26.0 Å². The van der Waals surface area contributed by atoms with Gasteiger partial charge in [-0.3, -0.25) is 19.3 Å². The number of carbonyl (C=O) groups excluding carboxylic acids is 5. The second-order valence-electron chi connectivity index (χ2n) is 7.18. The maximum atomic E-state index is 12.4. The second-order valence-corrected chi connectivity index (χ2v) is 7.18. The fourth-order valence-corrected chi connectivity index (χ4v) is 2.95. The third kappa shape index (κ3) is 5.35. The monoisotopic (exact) mass is 431 g/mol. The van der Waals surface area contributed by atoms with Crippen molar-refractivity contribution in [3.8, 4) is 0 Å². The number of aromatic amines is 1. The molecule has 0 bridgehead atoms. The molecular formula is C19H23N6O6+. The lowest BCUT2D eigenvalue weighted by Gasteiger charge is -2.13. The van der Waals surface area contributed by atoms with Gasteiger partial charge in [-0.15, -0.1) is 0 Å². The van der Waals surface area contributed by atoms with E-state index in [2.05, 4.69) is 25.9 Å². The van der Waals surface area contributed by atoms with E-state index in [9.17, 15) is 24.0 Å². The summed E-state index contributed by atoms with van der Waals surface area (Å²) in [5.41, 5.74) is 1.60. The van der Waals surface area contributed by atoms with Gasteiger partial charge in [0.05, 0.1) is 24.0 Å². The molecule has 2 heterocycles. The van der Waals surface area contributed by atoms with Crippen molar-refractivity contribution in [3.05, 3.63) is 30.1 Å². The number of nitrogens with zero attached hydrogens (tertiary/aromatic N) is 2. The Labute approximate surface area is 176 Å². The number of amides is 5. The van der Waals surface area contributed by atoms with Gasteiger partial charge in [0, 0.05) is 11.3 Å². The summed E-state index contributed by atoms with van der Waals surface area (Å²) in [6, 6.07) is 5.54. The lowest BCUT2D eigenvalue weighted by molar-refractivity contribution is -0.141. The van der Waals surface area contributed by atoms with Gasteiger partial charge in [0.25, 0.3) is 5.91 Å². The molecule has 164 valence electrons. The van der Waals surface area contributed by atoms with Crippen molar-refractivity contribution in [3.63, 3.8) is 0 Å². The molecule has 1 fully saturated rings. The zero-order valence-electron chi connectivity index (χ0n) is 16.7. The van der Waals surface area contributed by atoms with E-state index < -0.39 is 48.2 Å². The number of aromatic nitrogens is 2. The molecule has 2 aromatic rings. The van der Waals surface area contributed by atoms with Crippen LogP contribution in [-0.4, -0.2) is 68.8 Å². The minimum atomic E-state index is -1.08. The van der Waals surface area contributed by atoms with Crippen LogP contribution >= 0.6 is 0 Å². The van der Waals surface area contributed by atoms with Gasteiger partial charge >= 0.3 is 12.0 Å². The molecule has 1 aromatic heterocycles. The predicted octanol–water partition coefficient (Wildman–Crippen LogP) is -1.51. The number of nitrogens with one attached hydrogen (secondary N) is 4. The Balaban J connectivity index is 1.47. The van der Waals surface area contributed by atoms with Crippen LogP contribution in [0.15, 0.2) is 24.3 Å². The predicted molar refractivity (Wildman–Crippen MR) is 107 cm³/mol. The SMILES string of the molecule is C[C@@H](CNC(=O)CN1C(=O)N[C@@H](CC(=O)NCc2nc3ccccc3[nH]2)C1=O)C(=O)[OH2+]. The molecule has 0 aliphatic carbocycles. The summed E-state index contributed by atoms with van der Waals surface area (Å²) in [5, 5.41) is 14.4. The van der Waals surface area contributed by atoms with Crippen LogP contribution in [0.5, 0.6) is 0 Å². The van der Waals surface area contributed by atoms with Crippen molar-refractivity contribution >= 4 is 40.8 Å². The molecule has 0 radical (unpaired) electrons. The third-order valence-corrected chi connectivity index (χ3v) is 4.74. The first-order valence-corrected chi connectivity index (χ1v) is 9.59. The number of urea groups is 1. The molecule has 0 spiro atoms. The molecule has 1 saturated heterocycles. The zero-order chi connectivity index (χ0) is 22.5. The number of rotatable bonds is 9. The van der Waals surface area contributed by atoms with Crippen molar-refractivity contribution in [2.45, 2.75) is 25.9 Å². The number of para-hydroxylation sites is 2.